The zero-order valence-electron chi connectivity index (χ0n) is 26.5. The van der Waals surface area contributed by atoms with E-state index in [9.17, 15) is 0 Å². The first-order valence-electron chi connectivity index (χ1n) is 16.7. The summed E-state index contributed by atoms with van der Waals surface area (Å²) in [6.07, 6.45) is 9.06. The van der Waals surface area contributed by atoms with Crippen molar-refractivity contribution in [3.05, 3.63) is 182 Å². The predicted molar refractivity (Wildman–Crippen MR) is 203 cm³/mol. The van der Waals surface area contributed by atoms with Crippen molar-refractivity contribution in [3.8, 4) is 22.3 Å². The zero-order chi connectivity index (χ0) is 31.9. The van der Waals surface area contributed by atoms with Crippen molar-refractivity contribution >= 4 is 55.3 Å². The third-order valence-electron chi connectivity index (χ3n) is 9.50. The number of furan rings is 1. The van der Waals surface area contributed by atoms with Gasteiger partial charge in [-0.3, -0.25) is 0 Å². The Morgan fingerprint density at radius 2 is 1.17 bits per heavy atom. The van der Waals surface area contributed by atoms with E-state index in [0.29, 0.717) is 0 Å². The van der Waals surface area contributed by atoms with Gasteiger partial charge in [0.2, 0.25) is 0 Å². The fourth-order valence-electron chi connectivity index (χ4n) is 7.11. The average Bonchev–Trinajstić information content (AvgIpc) is 3.56. The molecule has 0 saturated carbocycles. The SMILES string of the molecule is C1=CC(c2ccc(N(c3ccc(-c4ccc5ccc6oc7ccccc7c6c5c4)cc3)c3ccccc3-c3ccccc3)cc2)=CCC1. The lowest BCUT2D eigenvalue weighted by Crippen LogP contribution is -2.11. The van der Waals surface area contributed by atoms with Crippen molar-refractivity contribution in [2.45, 2.75) is 12.8 Å². The fraction of sp³-hybridized carbons (Fsp3) is 0.0435. The van der Waals surface area contributed by atoms with Crippen LogP contribution in [0.1, 0.15) is 18.4 Å². The summed E-state index contributed by atoms with van der Waals surface area (Å²) in [6, 6.07) is 56.6. The van der Waals surface area contributed by atoms with Crippen LogP contribution in [0.2, 0.25) is 0 Å². The maximum atomic E-state index is 6.20. The molecular weight excluding hydrogens is 583 g/mol. The van der Waals surface area contributed by atoms with Gasteiger partial charge in [-0.1, -0.05) is 127 Å². The van der Waals surface area contributed by atoms with Crippen LogP contribution >= 0.6 is 0 Å². The second-order valence-electron chi connectivity index (χ2n) is 12.4. The third-order valence-corrected chi connectivity index (χ3v) is 9.50. The normalized spacial score (nSPS) is 12.9. The van der Waals surface area contributed by atoms with Crippen LogP contribution in [-0.4, -0.2) is 0 Å². The molecule has 0 saturated heterocycles. The molecule has 1 aliphatic carbocycles. The molecule has 7 aromatic carbocycles. The van der Waals surface area contributed by atoms with Crippen molar-refractivity contribution < 1.29 is 4.42 Å². The van der Waals surface area contributed by atoms with Gasteiger partial charge >= 0.3 is 0 Å². The second-order valence-corrected chi connectivity index (χ2v) is 12.4. The summed E-state index contributed by atoms with van der Waals surface area (Å²) in [7, 11) is 0. The number of allylic oxidation sites excluding steroid dienone is 4. The van der Waals surface area contributed by atoms with E-state index in [1.54, 1.807) is 0 Å². The second kappa shape index (κ2) is 11.9. The molecule has 0 unspecified atom stereocenters. The van der Waals surface area contributed by atoms with Crippen LogP contribution in [-0.2, 0) is 0 Å². The molecule has 0 atom stereocenters. The highest BCUT2D eigenvalue weighted by Gasteiger charge is 2.18. The molecule has 0 fully saturated rings. The first-order chi connectivity index (χ1) is 23.8. The maximum absolute atomic E-state index is 6.20. The molecule has 0 spiro atoms. The van der Waals surface area contributed by atoms with Crippen molar-refractivity contribution in [2.24, 2.45) is 0 Å². The highest BCUT2D eigenvalue weighted by atomic mass is 16.3. The summed E-state index contributed by atoms with van der Waals surface area (Å²) in [5.41, 5.74) is 12.5. The Balaban J connectivity index is 1.15. The average molecular weight is 616 g/mol. The van der Waals surface area contributed by atoms with E-state index in [0.717, 1.165) is 46.5 Å². The van der Waals surface area contributed by atoms with Gasteiger partial charge in [0.15, 0.2) is 0 Å². The molecule has 48 heavy (non-hydrogen) atoms. The van der Waals surface area contributed by atoms with Crippen LogP contribution in [0.15, 0.2) is 180 Å². The minimum absolute atomic E-state index is 0.922. The highest BCUT2D eigenvalue weighted by molar-refractivity contribution is 6.19. The first kappa shape index (κ1) is 28.1. The maximum Gasteiger partial charge on any atom is 0.136 e. The monoisotopic (exact) mass is 615 g/mol. The van der Waals surface area contributed by atoms with Crippen LogP contribution in [0, 0.1) is 0 Å². The molecule has 0 N–H and O–H groups in total. The van der Waals surface area contributed by atoms with Crippen LogP contribution in [0.4, 0.5) is 17.1 Å². The van der Waals surface area contributed by atoms with Gasteiger partial charge in [-0.15, -0.1) is 0 Å². The van der Waals surface area contributed by atoms with E-state index in [2.05, 4.69) is 169 Å². The van der Waals surface area contributed by atoms with E-state index in [4.69, 9.17) is 4.42 Å². The first-order valence-corrected chi connectivity index (χ1v) is 16.7. The molecule has 0 aliphatic heterocycles. The molecule has 228 valence electrons. The molecular formula is C46H33NO. The molecule has 0 amide bonds. The number of hydrogen-bond donors (Lipinski definition) is 0. The Hall–Kier alpha value is -6.12. The topological polar surface area (TPSA) is 16.4 Å². The summed E-state index contributed by atoms with van der Waals surface area (Å²) < 4.78 is 6.20. The van der Waals surface area contributed by atoms with Crippen molar-refractivity contribution in [2.75, 3.05) is 4.90 Å². The minimum atomic E-state index is 0.922. The van der Waals surface area contributed by atoms with E-state index in [-0.39, 0.29) is 0 Å². The van der Waals surface area contributed by atoms with Gasteiger partial charge in [0.05, 0.1) is 5.69 Å². The van der Waals surface area contributed by atoms with Gasteiger partial charge in [-0.2, -0.15) is 0 Å². The van der Waals surface area contributed by atoms with Crippen LogP contribution in [0.25, 0.3) is 60.5 Å². The number of anilines is 3. The minimum Gasteiger partial charge on any atom is -0.456 e. The largest absolute Gasteiger partial charge is 0.456 e. The van der Waals surface area contributed by atoms with Gasteiger partial charge in [0, 0.05) is 27.7 Å². The molecule has 9 rings (SSSR count). The summed E-state index contributed by atoms with van der Waals surface area (Å²) in [6.45, 7) is 0. The summed E-state index contributed by atoms with van der Waals surface area (Å²) in [5.74, 6) is 0. The fourth-order valence-corrected chi connectivity index (χ4v) is 7.11. The van der Waals surface area contributed by atoms with Gasteiger partial charge in [0.1, 0.15) is 11.2 Å². The number of nitrogens with zero attached hydrogens (tertiary/aromatic N) is 1. The van der Waals surface area contributed by atoms with Gasteiger partial charge in [0.25, 0.3) is 0 Å². The smallest absolute Gasteiger partial charge is 0.136 e. The van der Waals surface area contributed by atoms with E-state index >= 15 is 0 Å². The molecule has 1 heterocycles. The molecule has 1 aromatic heterocycles. The number of benzene rings is 7. The number of para-hydroxylation sites is 2. The van der Waals surface area contributed by atoms with E-state index in [1.165, 1.54) is 49.5 Å². The summed E-state index contributed by atoms with van der Waals surface area (Å²) >= 11 is 0. The van der Waals surface area contributed by atoms with E-state index < -0.39 is 0 Å². The molecule has 2 nitrogen and oxygen atoms in total. The number of hydrogen-bond acceptors (Lipinski definition) is 2. The van der Waals surface area contributed by atoms with E-state index in [1.807, 2.05) is 12.1 Å². The molecule has 2 heteroatoms. The lowest BCUT2D eigenvalue weighted by atomic mass is 9.97. The van der Waals surface area contributed by atoms with Crippen LogP contribution in [0.3, 0.4) is 0 Å². The quantitative estimate of drug-likeness (QED) is 0.185. The predicted octanol–water partition coefficient (Wildman–Crippen LogP) is 13.3. The van der Waals surface area contributed by atoms with Crippen molar-refractivity contribution in [3.63, 3.8) is 0 Å². The summed E-state index contributed by atoms with van der Waals surface area (Å²) in [5, 5.41) is 4.75. The Labute approximate surface area is 280 Å². The molecule has 8 aromatic rings. The Morgan fingerprint density at radius 1 is 0.479 bits per heavy atom. The highest BCUT2D eigenvalue weighted by Crippen LogP contribution is 2.42. The Morgan fingerprint density at radius 3 is 1.96 bits per heavy atom. The van der Waals surface area contributed by atoms with Crippen molar-refractivity contribution in [1.82, 2.24) is 0 Å². The Kier molecular flexibility index (Phi) is 6.98. The summed E-state index contributed by atoms with van der Waals surface area (Å²) in [4.78, 5) is 2.38. The van der Waals surface area contributed by atoms with Crippen molar-refractivity contribution in [1.29, 1.82) is 0 Å². The van der Waals surface area contributed by atoms with Gasteiger partial charge in [-0.05, 0) is 100.0 Å². The molecule has 0 bridgehead atoms. The third kappa shape index (κ3) is 4.99. The lowest BCUT2D eigenvalue weighted by molar-refractivity contribution is 0.669. The van der Waals surface area contributed by atoms with Crippen LogP contribution < -0.4 is 4.90 Å². The molecule has 0 radical (unpaired) electrons. The van der Waals surface area contributed by atoms with Gasteiger partial charge < -0.3 is 9.32 Å². The zero-order valence-corrected chi connectivity index (χ0v) is 26.5. The lowest BCUT2D eigenvalue weighted by Gasteiger charge is -2.28. The molecule has 1 aliphatic rings. The van der Waals surface area contributed by atoms with Gasteiger partial charge in [-0.25, -0.2) is 0 Å². The number of fused-ring (bicyclic) bond motifs is 5. The Bertz CT molecular complexity index is 2480. The van der Waals surface area contributed by atoms with Crippen LogP contribution in [0.5, 0.6) is 0 Å². The standard InChI is InChI=1S/C46H33NO/c1-3-11-32(12-4-1)33-21-26-38(27-22-33)47(43-17-9-7-15-40(43)35-13-5-2-6-14-35)39-28-23-34(24-29-39)37-20-19-36-25-30-45-46(42(36)31-37)41-16-8-10-18-44(41)48-45/h2-3,5-31H,1,4H2. The number of rotatable bonds is 6.